The minimum atomic E-state index is -2.64. The minimum absolute atomic E-state index is 0.0980. The fourth-order valence-electron chi connectivity index (χ4n) is 4.82. The van der Waals surface area contributed by atoms with Crippen molar-refractivity contribution in [3.63, 3.8) is 0 Å². The topological polar surface area (TPSA) is 47.9 Å². The molecular formula is C25H32O4Si. The van der Waals surface area contributed by atoms with E-state index in [9.17, 15) is 5.11 Å². The van der Waals surface area contributed by atoms with Crippen molar-refractivity contribution in [1.82, 2.24) is 0 Å². The Bertz CT molecular complexity index is 862. The molecule has 1 N–H and O–H groups in total. The van der Waals surface area contributed by atoms with Crippen LogP contribution in [0.15, 0.2) is 72.3 Å². The van der Waals surface area contributed by atoms with Crippen LogP contribution in [0.1, 0.15) is 34.6 Å². The van der Waals surface area contributed by atoms with Crippen LogP contribution in [0, 0.1) is 0 Å². The van der Waals surface area contributed by atoms with Gasteiger partial charge >= 0.3 is 0 Å². The predicted octanol–water partition coefficient (Wildman–Crippen LogP) is 3.38. The molecule has 2 aliphatic rings. The van der Waals surface area contributed by atoms with Gasteiger partial charge in [0.1, 0.15) is 18.3 Å². The molecule has 0 aromatic heterocycles. The minimum Gasteiger partial charge on any atom is -0.403 e. The van der Waals surface area contributed by atoms with Crippen molar-refractivity contribution in [2.45, 2.75) is 63.8 Å². The Balaban J connectivity index is 1.72. The number of hydrogen-bond donors (Lipinski definition) is 1. The summed E-state index contributed by atoms with van der Waals surface area (Å²) in [5, 5.41) is 12.9. The summed E-state index contributed by atoms with van der Waals surface area (Å²) in [6.07, 6.45) is 0.544. The highest BCUT2D eigenvalue weighted by Crippen LogP contribution is 2.41. The van der Waals surface area contributed by atoms with E-state index >= 15 is 0 Å². The molecule has 1 aliphatic heterocycles. The van der Waals surface area contributed by atoms with Crippen LogP contribution in [-0.4, -0.2) is 44.1 Å². The molecule has 0 saturated carbocycles. The van der Waals surface area contributed by atoms with Crippen molar-refractivity contribution in [3.05, 3.63) is 72.3 Å². The van der Waals surface area contributed by atoms with Gasteiger partial charge in [-0.3, -0.25) is 0 Å². The number of rotatable bonds is 5. The van der Waals surface area contributed by atoms with Crippen molar-refractivity contribution in [3.8, 4) is 0 Å². The van der Waals surface area contributed by atoms with Gasteiger partial charge in [-0.05, 0) is 40.9 Å². The Hall–Kier alpha value is -1.76. The molecular weight excluding hydrogens is 392 g/mol. The van der Waals surface area contributed by atoms with Gasteiger partial charge in [-0.25, -0.2) is 0 Å². The normalized spacial score (nSPS) is 25.8. The summed E-state index contributed by atoms with van der Waals surface area (Å²) in [6.45, 7) is 11.0. The fourth-order valence-corrected chi connectivity index (χ4v) is 9.36. The number of hydrogen-bond acceptors (Lipinski definition) is 4. The Morgan fingerprint density at radius 1 is 0.933 bits per heavy atom. The first-order valence-corrected chi connectivity index (χ1v) is 12.5. The van der Waals surface area contributed by atoms with Gasteiger partial charge < -0.3 is 19.0 Å². The molecule has 5 heteroatoms. The lowest BCUT2D eigenvalue weighted by Crippen LogP contribution is -2.66. The van der Waals surface area contributed by atoms with Gasteiger partial charge in [0.15, 0.2) is 5.79 Å². The zero-order valence-electron chi connectivity index (χ0n) is 18.5. The largest absolute Gasteiger partial charge is 0.403 e. The highest BCUT2D eigenvalue weighted by atomic mass is 28.4. The lowest BCUT2D eigenvalue weighted by atomic mass is 10.1. The van der Waals surface area contributed by atoms with Crippen molar-refractivity contribution in [2.24, 2.45) is 0 Å². The molecule has 0 radical (unpaired) electrons. The summed E-state index contributed by atoms with van der Waals surface area (Å²) in [4.78, 5) is 0. The smallest absolute Gasteiger partial charge is 0.261 e. The van der Waals surface area contributed by atoms with E-state index in [4.69, 9.17) is 13.9 Å². The maximum Gasteiger partial charge on any atom is 0.261 e. The van der Waals surface area contributed by atoms with E-state index in [0.29, 0.717) is 6.61 Å². The highest BCUT2D eigenvalue weighted by Gasteiger charge is 2.53. The van der Waals surface area contributed by atoms with Crippen LogP contribution in [0.5, 0.6) is 0 Å². The number of ether oxygens (including phenoxy) is 2. The second-order valence-electron chi connectivity index (χ2n) is 9.70. The third-order valence-corrected chi connectivity index (χ3v) is 11.1. The van der Waals surface area contributed by atoms with Gasteiger partial charge in [-0.15, -0.1) is 0 Å². The lowest BCUT2D eigenvalue weighted by molar-refractivity contribution is -0.153. The van der Waals surface area contributed by atoms with E-state index in [1.54, 1.807) is 0 Å². The number of aliphatic hydroxyl groups is 1. The van der Waals surface area contributed by atoms with Crippen LogP contribution >= 0.6 is 0 Å². The van der Waals surface area contributed by atoms with E-state index in [0.717, 1.165) is 5.57 Å². The maximum atomic E-state index is 10.5. The molecule has 0 bridgehead atoms. The van der Waals surface area contributed by atoms with Crippen molar-refractivity contribution < 1.29 is 19.0 Å². The van der Waals surface area contributed by atoms with E-state index in [2.05, 4.69) is 69.3 Å². The second-order valence-corrected chi connectivity index (χ2v) is 14.0. The molecule has 2 aromatic carbocycles. The van der Waals surface area contributed by atoms with Crippen molar-refractivity contribution in [2.75, 3.05) is 6.61 Å². The van der Waals surface area contributed by atoms with Crippen LogP contribution in [0.4, 0.5) is 0 Å². The van der Waals surface area contributed by atoms with E-state index in [1.165, 1.54) is 10.4 Å². The van der Waals surface area contributed by atoms with Gasteiger partial charge in [-0.2, -0.15) is 0 Å². The van der Waals surface area contributed by atoms with Crippen LogP contribution < -0.4 is 10.4 Å². The Morgan fingerprint density at radius 2 is 1.47 bits per heavy atom. The number of benzene rings is 2. The zero-order chi connectivity index (χ0) is 21.6. The molecule has 160 valence electrons. The predicted molar refractivity (Wildman–Crippen MR) is 121 cm³/mol. The fraction of sp³-hybridized carbons (Fsp3) is 0.440. The van der Waals surface area contributed by atoms with Gasteiger partial charge in [0.25, 0.3) is 8.32 Å². The van der Waals surface area contributed by atoms with E-state index < -0.39 is 20.2 Å². The first kappa shape index (κ1) is 21.5. The van der Waals surface area contributed by atoms with Gasteiger partial charge in [0.05, 0.1) is 6.61 Å². The molecule has 4 rings (SSSR count). The molecule has 1 saturated heterocycles. The average molecular weight is 425 g/mol. The monoisotopic (exact) mass is 424 g/mol. The summed E-state index contributed by atoms with van der Waals surface area (Å²) in [5.74, 6) is -0.701. The first-order valence-electron chi connectivity index (χ1n) is 10.6. The van der Waals surface area contributed by atoms with Crippen molar-refractivity contribution in [1.29, 1.82) is 0 Å². The standard InChI is InChI=1S/C25H32O4Si/c1-24(2,3)30(19-12-8-6-9-13-19,20-14-10-7-11-15-20)27-17-18-16-21(26)23-22(18)28-25(4,5)29-23/h6-16,21-23,26H,17H2,1-5H3/t21-,22+,23?/m1/s1. The summed E-state index contributed by atoms with van der Waals surface area (Å²) < 4.78 is 19.0. The van der Waals surface area contributed by atoms with Gasteiger partial charge in [0.2, 0.25) is 0 Å². The molecule has 1 unspecified atom stereocenters. The molecule has 0 amide bonds. The molecule has 1 fully saturated rings. The molecule has 4 nitrogen and oxygen atoms in total. The summed E-state index contributed by atoms with van der Waals surface area (Å²) in [6, 6.07) is 21.2. The molecule has 2 aromatic rings. The molecule has 3 atom stereocenters. The van der Waals surface area contributed by atoms with Crippen LogP contribution in [0.3, 0.4) is 0 Å². The summed E-state index contributed by atoms with van der Waals surface area (Å²) >= 11 is 0. The summed E-state index contributed by atoms with van der Waals surface area (Å²) in [7, 11) is -2.64. The highest BCUT2D eigenvalue weighted by molar-refractivity contribution is 6.99. The number of fused-ring (bicyclic) bond motifs is 1. The Labute approximate surface area is 180 Å². The lowest BCUT2D eigenvalue weighted by Gasteiger charge is -2.43. The van der Waals surface area contributed by atoms with Crippen molar-refractivity contribution >= 4 is 18.7 Å². The van der Waals surface area contributed by atoms with Crippen LogP contribution in [0.2, 0.25) is 5.04 Å². The number of aliphatic hydroxyl groups excluding tert-OH is 1. The van der Waals surface area contributed by atoms with Gasteiger partial charge in [0, 0.05) is 0 Å². The van der Waals surface area contributed by atoms with Gasteiger partial charge in [-0.1, -0.05) is 81.4 Å². The molecule has 0 spiro atoms. The average Bonchev–Trinajstić information content (AvgIpc) is 3.17. The third-order valence-electron chi connectivity index (χ3n) is 6.09. The molecule has 1 aliphatic carbocycles. The van der Waals surface area contributed by atoms with E-state index in [1.807, 2.05) is 32.1 Å². The summed E-state index contributed by atoms with van der Waals surface area (Å²) in [5.41, 5.74) is 0.964. The third kappa shape index (κ3) is 3.70. The molecule has 1 heterocycles. The quantitative estimate of drug-likeness (QED) is 0.590. The molecule has 30 heavy (non-hydrogen) atoms. The van der Waals surface area contributed by atoms with E-state index in [-0.39, 0.29) is 17.2 Å². The Morgan fingerprint density at radius 3 is 1.97 bits per heavy atom. The maximum absolute atomic E-state index is 10.5. The second kappa shape index (κ2) is 7.73. The van der Waals surface area contributed by atoms with Crippen LogP contribution in [-0.2, 0) is 13.9 Å². The van der Waals surface area contributed by atoms with Crippen LogP contribution in [0.25, 0.3) is 0 Å². The Kier molecular flexibility index (Phi) is 5.53. The first-order chi connectivity index (χ1) is 14.1. The zero-order valence-corrected chi connectivity index (χ0v) is 19.5. The SMILES string of the molecule is CC1(C)OC2[C@H](O)C=C(CO[Si](c3ccccc3)(c3ccccc3)C(C)(C)C)[C@@H]2O1.